The van der Waals surface area contributed by atoms with E-state index in [2.05, 4.69) is 30.4 Å². The Morgan fingerprint density at radius 3 is 1.91 bits per heavy atom. The summed E-state index contributed by atoms with van der Waals surface area (Å²) in [5, 5.41) is 0. The Bertz CT molecular complexity index is 145. The van der Waals surface area contributed by atoms with Crippen molar-refractivity contribution >= 4 is 31.7 Å². The minimum Gasteiger partial charge on any atom is -1.00 e. The third-order valence-corrected chi connectivity index (χ3v) is 0.693. The van der Waals surface area contributed by atoms with Crippen LogP contribution in [0.15, 0.2) is 0 Å². The van der Waals surface area contributed by atoms with E-state index in [0.29, 0.717) is 0 Å². The average Bonchev–Trinajstić information content (AvgIpc) is 1.60. The molecule has 0 aliphatic carbocycles. The van der Waals surface area contributed by atoms with Crippen LogP contribution in [0.2, 0.25) is 0 Å². The Morgan fingerprint density at radius 2 is 1.82 bits per heavy atom. The molecular weight excluding hydrogens is 198 g/mol. The normalized spacial score (nSPS) is 9.91. The van der Waals surface area contributed by atoms with E-state index in [0.717, 1.165) is 0 Å². The number of carbonyl (C=O) groups is 1. The summed E-state index contributed by atoms with van der Waals surface area (Å²) in [4.78, 5) is 9.99. The van der Waals surface area contributed by atoms with Crippen LogP contribution in [0, 0.1) is 0 Å². The Hall–Kier alpha value is 0.357. The van der Waals surface area contributed by atoms with Crippen LogP contribution in [0.1, 0.15) is 1.43 Å². The van der Waals surface area contributed by atoms with Gasteiger partial charge in [-0.15, -0.1) is 13.2 Å². The Labute approximate surface area is 85.0 Å². The van der Waals surface area contributed by atoms with Crippen LogP contribution in [0.4, 0.5) is 18.0 Å². The largest absolute Gasteiger partial charge is 1.00 e. The fourth-order valence-corrected chi connectivity index (χ4v) is 0.221. The first-order valence-electron chi connectivity index (χ1n) is 1.80. The smallest absolute Gasteiger partial charge is 1.00 e. The number of hydrogen-bond donors (Lipinski definition) is 2. The van der Waals surface area contributed by atoms with Gasteiger partial charge in [0.1, 0.15) is 0 Å². The maximum Gasteiger partial charge on any atom is 1.00 e. The van der Waals surface area contributed by atoms with E-state index in [9.17, 15) is 18.0 Å². The molecule has 0 aromatic carbocycles. The molecule has 1 amide bonds. The van der Waals surface area contributed by atoms with Gasteiger partial charge in [-0.25, -0.2) is 4.79 Å². The van der Waals surface area contributed by atoms with Gasteiger partial charge in [-0.2, -0.15) is 3.71 Å². The molecule has 0 aliphatic rings. The Morgan fingerprint density at radius 1 is 1.45 bits per heavy atom. The molecule has 0 aromatic rings. The molecule has 0 rings (SSSR count). The number of ether oxygens (including phenoxy) is 1. The van der Waals surface area contributed by atoms with Crippen molar-refractivity contribution in [1.29, 1.82) is 0 Å². The number of halogens is 3. The first kappa shape index (κ1) is 13.9. The summed E-state index contributed by atoms with van der Waals surface area (Å²) in [6.45, 7) is 0. The van der Waals surface area contributed by atoms with Gasteiger partial charge in [0.25, 0.3) is 0 Å². The molecule has 0 fully saturated rings. The topological polar surface area (TPSA) is 29.5 Å². The van der Waals surface area contributed by atoms with Crippen LogP contribution < -0.4 is 18.9 Å². The molecule has 0 spiro atoms. The van der Waals surface area contributed by atoms with Crippen LogP contribution in [-0.2, 0) is 4.74 Å². The maximum atomic E-state index is 11.1. The maximum absolute atomic E-state index is 11.1. The van der Waals surface area contributed by atoms with Crippen molar-refractivity contribution in [2.45, 2.75) is 6.36 Å². The quantitative estimate of drug-likeness (QED) is 0.379. The third-order valence-electron chi connectivity index (χ3n) is 0.366. The van der Waals surface area contributed by atoms with Gasteiger partial charge in [0.2, 0.25) is 0 Å². The van der Waals surface area contributed by atoms with Gasteiger partial charge in [0.05, 0.1) is 0 Å². The number of carbonyl (C=O) groups excluding carboxylic acids is 1. The molecule has 0 unspecified atom stereocenters. The van der Waals surface area contributed by atoms with Crippen LogP contribution in [-0.4, -0.2) is 16.2 Å². The number of rotatable bonds is 0. The minimum atomic E-state index is -4.99. The zero-order valence-electron chi connectivity index (χ0n) is 6.29. The Kier molecular flexibility index (Phi) is 6.43. The molecule has 9 heteroatoms. The standard InChI is InChI=1S/C2H2F3NO2S2.Li.H/c3-2(4,5)8-1(7)6(9)10;;/h9-10H;;/q;+1;-1. The second-order valence-corrected chi connectivity index (χ2v) is 2.22. The third kappa shape index (κ3) is 8.26. The summed E-state index contributed by atoms with van der Waals surface area (Å²) in [5.74, 6) is 0. The van der Waals surface area contributed by atoms with Gasteiger partial charge < -0.3 is 6.16 Å². The summed E-state index contributed by atoms with van der Waals surface area (Å²) >= 11 is 6.26. The predicted octanol–water partition coefficient (Wildman–Crippen LogP) is -1.25. The minimum absolute atomic E-state index is 0. The molecule has 11 heavy (non-hydrogen) atoms. The van der Waals surface area contributed by atoms with Crippen molar-refractivity contribution in [3.63, 3.8) is 0 Å². The summed E-state index contributed by atoms with van der Waals surface area (Å²) in [5.41, 5.74) is 0. The van der Waals surface area contributed by atoms with E-state index in [1.165, 1.54) is 0 Å². The number of alkyl halides is 3. The Balaban J connectivity index is -0.000000405. The van der Waals surface area contributed by atoms with Crippen molar-refractivity contribution in [1.82, 2.24) is 3.71 Å². The van der Waals surface area contributed by atoms with E-state index < -0.39 is 12.5 Å². The van der Waals surface area contributed by atoms with Crippen LogP contribution in [0.5, 0.6) is 0 Å². The zero-order chi connectivity index (χ0) is 8.36. The van der Waals surface area contributed by atoms with Gasteiger partial charge in [-0.05, 0) is 25.6 Å². The van der Waals surface area contributed by atoms with E-state index in [1.54, 1.807) is 0 Å². The van der Waals surface area contributed by atoms with Crippen molar-refractivity contribution in [3.05, 3.63) is 0 Å². The van der Waals surface area contributed by atoms with Gasteiger partial charge in [-0.1, -0.05) is 0 Å². The second kappa shape index (κ2) is 5.08. The predicted molar refractivity (Wildman–Crippen MR) is 33.5 cm³/mol. The van der Waals surface area contributed by atoms with E-state index in [1.807, 2.05) is 0 Å². The van der Waals surface area contributed by atoms with Crippen molar-refractivity contribution in [2.75, 3.05) is 0 Å². The molecule has 0 saturated heterocycles. The molecule has 0 atom stereocenters. The van der Waals surface area contributed by atoms with Gasteiger partial charge in [0.15, 0.2) is 0 Å². The van der Waals surface area contributed by atoms with Gasteiger partial charge in [-0.3, -0.25) is 0 Å². The molecule has 0 saturated carbocycles. The molecule has 0 aromatic heterocycles. The SMILES string of the molecule is O=C(OC(F)(F)F)N(S)S.[H-].[Li+]. The number of nitrogens with zero attached hydrogens (tertiary/aromatic N) is 1. The molecule has 0 bridgehead atoms. The fraction of sp³-hybridized carbons (Fsp3) is 0.500. The molecule has 3 nitrogen and oxygen atoms in total. The molecule has 0 N–H and O–H groups in total. The molecule has 0 radical (unpaired) electrons. The van der Waals surface area contributed by atoms with Crippen LogP contribution >= 0.6 is 25.6 Å². The summed E-state index contributed by atoms with van der Waals surface area (Å²) in [6.07, 6.45) is -6.68. The van der Waals surface area contributed by atoms with Crippen molar-refractivity contribution < 1.29 is 43.0 Å². The zero-order valence-corrected chi connectivity index (χ0v) is 7.08. The summed E-state index contributed by atoms with van der Waals surface area (Å²) < 4.78 is 36.3. The van der Waals surface area contributed by atoms with Gasteiger partial charge >= 0.3 is 31.3 Å². The average molecular weight is 201 g/mol. The van der Waals surface area contributed by atoms with E-state index in [-0.39, 0.29) is 24.0 Å². The first-order chi connectivity index (χ1) is 4.33. The number of thiol groups is 2. The monoisotopic (exact) mass is 201 g/mol. The molecule has 0 aliphatic heterocycles. The van der Waals surface area contributed by atoms with Gasteiger partial charge in [0, 0.05) is 0 Å². The summed E-state index contributed by atoms with van der Waals surface area (Å²) in [6, 6.07) is 0. The van der Waals surface area contributed by atoms with E-state index in [4.69, 9.17) is 0 Å². The number of amides is 1. The van der Waals surface area contributed by atoms with Crippen LogP contribution in [0.25, 0.3) is 0 Å². The fourth-order valence-electron chi connectivity index (χ4n) is 0.140. The van der Waals surface area contributed by atoms with Crippen molar-refractivity contribution in [3.8, 4) is 0 Å². The first-order valence-corrected chi connectivity index (χ1v) is 2.60. The molecule has 0 heterocycles. The van der Waals surface area contributed by atoms with Crippen molar-refractivity contribution in [2.24, 2.45) is 0 Å². The molecular formula is C2H3F3LiNO2S2. The number of hydrogen-bond acceptors (Lipinski definition) is 4. The summed E-state index contributed by atoms with van der Waals surface area (Å²) in [7, 11) is 0. The van der Waals surface area contributed by atoms with E-state index >= 15 is 0 Å². The van der Waals surface area contributed by atoms with Crippen LogP contribution in [0.3, 0.4) is 0 Å². The second-order valence-electron chi connectivity index (χ2n) is 1.10. The molecule has 62 valence electrons.